The number of carbonyl (C=O) groups excluding carboxylic acids is 2. The molecule has 1 aliphatic rings. The van der Waals surface area contributed by atoms with E-state index in [2.05, 4.69) is 5.32 Å². The van der Waals surface area contributed by atoms with Crippen LogP contribution in [0, 0.1) is 10.8 Å². The van der Waals surface area contributed by atoms with E-state index in [1.807, 2.05) is 0 Å². The summed E-state index contributed by atoms with van der Waals surface area (Å²) in [5, 5.41) is 19.0. The molecule has 1 aliphatic heterocycles. The lowest BCUT2D eigenvalue weighted by molar-refractivity contribution is -0.144. The third-order valence-electron chi connectivity index (χ3n) is 4.15. The molecule has 128 valence electrons. The number of hydrogen-bond acceptors (Lipinski definition) is 4. The van der Waals surface area contributed by atoms with Gasteiger partial charge < -0.3 is 16.2 Å². The van der Waals surface area contributed by atoms with Gasteiger partial charge in [0.05, 0.1) is 0 Å². The summed E-state index contributed by atoms with van der Waals surface area (Å²) in [5.74, 6) is -1.99. The van der Waals surface area contributed by atoms with Crippen molar-refractivity contribution in [1.82, 2.24) is 10.2 Å². The van der Waals surface area contributed by atoms with E-state index in [0.29, 0.717) is 16.0 Å². The first-order chi connectivity index (χ1) is 11.0. The molecule has 24 heavy (non-hydrogen) atoms. The molecule has 2 rings (SSSR count). The molecule has 0 radical (unpaired) electrons. The second kappa shape index (κ2) is 5.63. The molecule has 1 heterocycles. The Labute approximate surface area is 139 Å². The van der Waals surface area contributed by atoms with Crippen molar-refractivity contribution < 1.29 is 19.5 Å². The van der Waals surface area contributed by atoms with Gasteiger partial charge in [0, 0.05) is 5.56 Å². The molecule has 1 atom stereocenters. The van der Waals surface area contributed by atoms with Gasteiger partial charge in [0.15, 0.2) is 5.54 Å². The standard InChI is InChI=1S/C16H20N4O4/c1-15(2,3)16(10-6-4-9(5-7-10)12(17)18)13(23)20(8-11(21)22)14(24)19-16/h4-7H,8H2,1-3H3,(H3,17,18)(H,19,24)(H,21,22). The van der Waals surface area contributed by atoms with Crippen LogP contribution in [0.25, 0.3) is 0 Å². The Hall–Kier alpha value is -2.90. The summed E-state index contributed by atoms with van der Waals surface area (Å²) in [6, 6.07) is 5.66. The largest absolute Gasteiger partial charge is 0.480 e. The zero-order valence-electron chi connectivity index (χ0n) is 13.7. The Morgan fingerprint density at radius 3 is 2.25 bits per heavy atom. The summed E-state index contributed by atoms with van der Waals surface area (Å²) in [4.78, 5) is 36.8. The van der Waals surface area contributed by atoms with Crippen LogP contribution in [0.3, 0.4) is 0 Å². The fourth-order valence-electron chi connectivity index (χ4n) is 2.89. The average Bonchev–Trinajstić information content (AvgIpc) is 2.72. The molecule has 8 nitrogen and oxygen atoms in total. The maximum Gasteiger partial charge on any atom is 0.325 e. The van der Waals surface area contributed by atoms with Gasteiger partial charge in [-0.3, -0.25) is 19.9 Å². The smallest absolute Gasteiger partial charge is 0.325 e. The Bertz CT molecular complexity index is 721. The lowest BCUT2D eigenvalue weighted by Crippen LogP contribution is -2.54. The Balaban J connectivity index is 2.57. The van der Waals surface area contributed by atoms with Gasteiger partial charge in [-0.05, 0) is 11.0 Å². The van der Waals surface area contributed by atoms with Gasteiger partial charge in [-0.15, -0.1) is 0 Å². The lowest BCUT2D eigenvalue weighted by atomic mass is 9.69. The Kier molecular flexibility index (Phi) is 4.09. The quantitative estimate of drug-likeness (QED) is 0.368. The van der Waals surface area contributed by atoms with E-state index in [4.69, 9.17) is 16.2 Å². The van der Waals surface area contributed by atoms with Crippen molar-refractivity contribution in [2.24, 2.45) is 11.1 Å². The van der Waals surface area contributed by atoms with Crippen molar-refractivity contribution in [2.45, 2.75) is 26.3 Å². The Morgan fingerprint density at radius 2 is 1.83 bits per heavy atom. The van der Waals surface area contributed by atoms with Crippen molar-refractivity contribution >= 4 is 23.7 Å². The molecule has 3 amide bonds. The van der Waals surface area contributed by atoms with Gasteiger partial charge in [-0.2, -0.15) is 0 Å². The number of carboxylic acid groups (broad SMARTS) is 1. The van der Waals surface area contributed by atoms with E-state index in [1.54, 1.807) is 45.0 Å². The maximum absolute atomic E-state index is 13.0. The first kappa shape index (κ1) is 17.5. The van der Waals surface area contributed by atoms with Crippen molar-refractivity contribution in [3.63, 3.8) is 0 Å². The first-order valence-corrected chi connectivity index (χ1v) is 7.31. The second-order valence-electron chi connectivity index (χ2n) is 6.71. The van der Waals surface area contributed by atoms with Crippen LogP contribution in [0.4, 0.5) is 4.79 Å². The molecule has 0 aromatic heterocycles. The SMILES string of the molecule is CC(C)(C)C1(c2ccc(C(=N)N)cc2)NC(=O)N(CC(=O)O)C1=O. The molecule has 1 aromatic carbocycles. The highest BCUT2D eigenvalue weighted by atomic mass is 16.4. The number of nitrogens with one attached hydrogen (secondary N) is 2. The number of carbonyl (C=O) groups is 3. The van der Waals surface area contributed by atoms with Gasteiger partial charge in [-0.1, -0.05) is 45.0 Å². The van der Waals surface area contributed by atoms with Crippen LogP contribution in [0.2, 0.25) is 0 Å². The Morgan fingerprint density at radius 1 is 1.29 bits per heavy atom. The molecule has 1 fully saturated rings. The number of imide groups is 1. The van der Waals surface area contributed by atoms with E-state index in [-0.39, 0.29) is 5.84 Å². The monoisotopic (exact) mass is 332 g/mol. The predicted octanol–water partition coefficient (Wildman–Crippen LogP) is 0.848. The van der Waals surface area contributed by atoms with Crippen LogP contribution in [0.15, 0.2) is 24.3 Å². The molecule has 0 saturated carbocycles. The number of amides is 3. The number of aliphatic carboxylic acids is 1. The van der Waals surface area contributed by atoms with E-state index < -0.39 is 35.4 Å². The molecule has 1 aromatic rings. The van der Waals surface area contributed by atoms with Crippen molar-refractivity contribution in [2.75, 3.05) is 6.54 Å². The summed E-state index contributed by atoms with van der Waals surface area (Å²) in [7, 11) is 0. The highest BCUT2D eigenvalue weighted by Gasteiger charge is 2.59. The fourth-order valence-corrected chi connectivity index (χ4v) is 2.89. The van der Waals surface area contributed by atoms with Crippen LogP contribution >= 0.6 is 0 Å². The summed E-state index contributed by atoms with van der Waals surface area (Å²) in [6.07, 6.45) is 0. The van der Waals surface area contributed by atoms with Gasteiger partial charge >= 0.3 is 12.0 Å². The number of nitrogen functional groups attached to an aromatic ring is 1. The van der Waals surface area contributed by atoms with Gasteiger partial charge in [0.2, 0.25) is 0 Å². The zero-order valence-corrected chi connectivity index (χ0v) is 13.7. The highest BCUT2D eigenvalue weighted by molar-refractivity contribution is 6.09. The van der Waals surface area contributed by atoms with Crippen LogP contribution in [-0.4, -0.2) is 40.3 Å². The van der Waals surface area contributed by atoms with Crippen LogP contribution in [0.1, 0.15) is 31.9 Å². The molecular formula is C16H20N4O4. The maximum atomic E-state index is 13.0. The average molecular weight is 332 g/mol. The number of urea groups is 1. The van der Waals surface area contributed by atoms with Crippen LogP contribution in [-0.2, 0) is 15.1 Å². The second-order valence-corrected chi connectivity index (χ2v) is 6.71. The summed E-state index contributed by atoms with van der Waals surface area (Å²) in [6.45, 7) is 4.66. The van der Waals surface area contributed by atoms with E-state index >= 15 is 0 Å². The summed E-state index contributed by atoms with van der Waals surface area (Å²) in [5.41, 5.74) is 4.32. The highest BCUT2D eigenvalue weighted by Crippen LogP contribution is 2.43. The van der Waals surface area contributed by atoms with Gasteiger partial charge in [0.1, 0.15) is 12.4 Å². The van der Waals surface area contributed by atoms with Crippen molar-refractivity contribution in [3.8, 4) is 0 Å². The number of benzene rings is 1. The molecule has 5 N–H and O–H groups in total. The summed E-state index contributed by atoms with van der Waals surface area (Å²) < 4.78 is 0. The zero-order chi connectivity index (χ0) is 18.3. The number of hydrogen-bond donors (Lipinski definition) is 4. The van der Waals surface area contributed by atoms with Crippen LogP contribution in [0.5, 0.6) is 0 Å². The van der Waals surface area contributed by atoms with E-state index in [1.165, 1.54) is 0 Å². The van der Waals surface area contributed by atoms with Crippen LogP contribution < -0.4 is 11.1 Å². The lowest BCUT2D eigenvalue weighted by Gasteiger charge is -2.39. The van der Waals surface area contributed by atoms with Gasteiger partial charge in [-0.25, -0.2) is 4.79 Å². The molecule has 0 aliphatic carbocycles. The number of rotatable bonds is 4. The molecule has 1 unspecified atom stereocenters. The molecule has 8 heteroatoms. The third-order valence-corrected chi connectivity index (χ3v) is 4.15. The topological polar surface area (TPSA) is 137 Å². The molecular weight excluding hydrogens is 312 g/mol. The summed E-state index contributed by atoms with van der Waals surface area (Å²) >= 11 is 0. The fraction of sp³-hybridized carbons (Fsp3) is 0.375. The minimum atomic E-state index is -1.39. The normalized spacial score (nSPS) is 20.9. The number of amidine groups is 1. The third kappa shape index (κ3) is 2.60. The van der Waals surface area contributed by atoms with Crippen molar-refractivity contribution in [3.05, 3.63) is 35.4 Å². The minimum Gasteiger partial charge on any atom is -0.480 e. The number of nitrogens with two attached hydrogens (primary N) is 1. The van der Waals surface area contributed by atoms with E-state index in [9.17, 15) is 14.4 Å². The molecule has 0 spiro atoms. The van der Waals surface area contributed by atoms with Gasteiger partial charge in [0.25, 0.3) is 5.91 Å². The van der Waals surface area contributed by atoms with Crippen molar-refractivity contribution in [1.29, 1.82) is 5.41 Å². The predicted molar refractivity (Wildman–Crippen MR) is 86.5 cm³/mol. The number of carboxylic acids is 1. The first-order valence-electron chi connectivity index (χ1n) is 7.31. The van der Waals surface area contributed by atoms with E-state index in [0.717, 1.165) is 0 Å². The molecule has 1 saturated heterocycles. The molecule has 0 bridgehead atoms. The minimum absolute atomic E-state index is 0.111. The number of nitrogens with zero attached hydrogens (tertiary/aromatic N) is 1.